The summed E-state index contributed by atoms with van der Waals surface area (Å²) in [4.78, 5) is 16.9. The quantitative estimate of drug-likeness (QED) is 0.355. The van der Waals surface area contributed by atoms with Gasteiger partial charge in [0, 0.05) is 19.3 Å². The molecule has 0 aliphatic heterocycles. The Morgan fingerprint density at radius 1 is 1.53 bits per heavy atom. The van der Waals surface area contributed by atoms with Crippen LogP contribution in [0.5, 0.6) is 0 Å². The number of pyridine rings is 1. The van der Waals surface area contributed by atoms with E-state index in [0.717, 1.165) is 13.2 Å². The Bertz CT molecular complexity index is 418. The Balaban J connectivity index is 0.000000437. The van der Waals surface area contributed by atoms with Gasteiger partial charge >= 0.3 is 0 Å². The molecule has 1 rings (SSSR count). The highest BCUT2D eigenvalue weighted by Crippen LogP contribution is 1.99. The third-order valence-electron chi connectivity index (χ3n) is 1.49. The molecular weight excluding hydrogens is 220 g/mol. The molecule has 0 fully saturated rings. The second-order valence-electron chi connectivity index (χ2n) is 2.70. The minimum atomic E-state index is -0.221. The summed E-state index contributed by atoms with van der Waals surface area (Å²) in [6, 6.07) is 4.59. The van der Waals surface area contributed by atoms with Gasteiger partial charge in [0.05, 0.1) is 0 Å². The predicted octanol–water partition coefficient (Wildman–Crippen LogP) is 1.15. The van der Waals surface area contributed by atoms with E-state index in [1.807, 2.05) is 13.8 Å². The van der Waals surface area contributed by atoms with Crippen LogP contribution in [0.2, 0.25) is 0 Å². The third-order valence-corrected chi connectivity index (χ3v) is 1.49. The molecule has 17 heavy (non-hydrogen) atoms. The predicted molar refractivity (Wildman–Crippen MR) is 66.1 cm³/mol. The molecule has 0 bridgehead atoms. The second kappa shape index (κ2) is 10.4. The van der Waals surface area contributed by atoms with Crippen LogP contribution < -0.4 is 10.9 Å². The fourth-order valence-corrected chi connectivity index (χ4v) is 0.846. The zero-order valence-corrected chi connectivity index (χ0v) is 9.93. The highest BCUT2D eigenvalue weighted by Gasteiger charge is 1.85. The number of aromatic nitrogens is 1. The van der Waals surface area contributed by atoms with Crippen LogP contribution in [-0.2, 0) is 4.74 Å². The van der Waals surface area contributed by atoms with E-state index >= 15 is 0 Å². The van der Waals surface area contributed by atoms with Crippen molar-refractivity contribution in [2.75, 3.05) is 13.2 Å². The number of rotatable bonds is 4. The fraction of sp³-hybridized carbons (Fsp3) is 0.364. The first-order valence-electron chi connectivity index (χ1n) is 5.18. The van der Waals surface area contributed by atoms with Crippen molar-refractivity contribution < 1.29 is 4.74 Å². The summed E-state index contributed by atoms with van der Waals surface area (Å²) in [5.41, 5.74) is -0.221. The lowest BCUT2D eigenvalue weighted by molar-refractivity contribution is 0.162. The first-order valence-corrected chi connectivity index (χ1v) is 5.18. The lowest BCUT2D eigenvalue weighted by Gasteiger charge is -1.89. The van der Waals surface area contributed by atoms with E-state index < -0.39 is 0 Å². The van der Waals surface area contributed by atoms with Crippen LogP contribution in [0.4, 0.5) is 5.82 Å². The van der Waals surface area contributed by atoms with E-state index in [1.54, 1.807) is 18.3 Å². The summed E-state index contributed by atoms with van der Waals surface area (Å²) in [7, 11) is 0. The van der Waals surface area contributed by atoms with E-state index in [1.165, 1.54) is 12.4 Å². The molecule has 6 nitrogen and oxygen atoms in total. The van der Waals surface area contributed by atoms with Crippen LogP contribution in [0.15, 0.2) is 28.0 Å². The first kappa shape index (κ1) is 14.9. The maximum Gasteiger partial charge on any atom is 0.249 e. The van der Waals surface area contributed by atoms with Crippen LogP contribution in [0, 0.1) is 11.5 Å². The van der Waals surface area contributed by atoms with Gasteiger partial charge in [-0.2, -0.15) is 5.26 Å². The molecule has 0 aliphatic rings. The number of H-pyrrole nitrogens is 1. The number of nitrogens with zero attached hydrogens (tertiary/aromatic N) is 2. The van der Waals surface area contributed by atoms with Crippen LogP contribution in [0.25, 0.3) is 0 Å². The molecule has 2 N–H and O–H groups in total. The summed E-state index contributed by atoms with van der Waals surface area (Å²) in [6.07, 6.45) is 2.86. The average molecular weight is 236 g/mol. The summed E-state index contributed by atoms with van der Waals surface area (Å²) in [6.45, 7) is 5.67. The van der Waals surface area contributed by atoms with Gasteiger partial charge in [-0.3, -0.25) is 10.1 Å². The molecule has 0 amide bonds. The maximum atomic E-state index is 10.7. The standard InChI is InChI=1S/C7H6N4O.C4H10O/c8-4-9-5-10-6-2-1-3-7(12)11-6;1-3-5-4-2/h1-3,5H,(H2,9,10,11,12);3-4H2,1-2H3. The molecule has 0 aliphatic carbocycles. The number of hydrogen-bond acceptors (Lipinski definition) is 4. The van der Waals surface area contributed by atoms with Gasteiger partial charge in [0.15, 0.2) is 6.19 Å². The summed E-state index contributed by atoms with van der Waals surface area (Å²) in [5, 5.41) is 10.3. The van der Waals surface area contributed by atoms with E-state index in [4.69, 9.17) is 10.00 Å². The minimum Gasteiger partial charge on any atom is -0.382 e. The van der Waals surface area contributed by atoms with E-state index in [2.05, 4.69) is 15.3 Å². The first-order chi connectivity index (χ1) is 8.24. The van der Waals surface area contributed by atoms with Crippen molar-refractivity contribution >= 4 is 12.2 Å². The molecule has 0 radical (unpaired) electrons. The molecule has 0 saturated heterocycles. The minimum absolute atomic E-state index is 0.221. The Morgan fingerprint density at radius 2 is 2.24 bits per heavy atom. The van der Waals surface area contributed by atoms with Crippen molar-refractivity contribution in [3.05, 3.63) is 28.6 Å². The zero-order chi connectivity index (χ0) is 12.9. The molecular formula is C11H16N4O2. The van der Waals surface area contributed by atoms with Crippen molar-refractivity contribution in [1.82, 2.24) is 10.3 Å². The van der Waals surface area contributed by atoms with E-state index in [-0.39, 0.29) is 5.56 Å². The highest BCUT2D eigenvalue weighted by atomic mass is 16.5. The van der Waals surface area contributed by atoms with Crippen molar-refractivity contribution in [3.8, 4) is 6.19 Å². The monoisotopic (exact) mass is 236 g/mol. The average Bonchev–Trinajstić information content (AvgIpc) is 2.31. The Hall–Kier alpha value is -2.13. The fourth-order valence-electron chi connectivity index (χ4n) is 0.846. The molecule has 1 aromatic rings. The summed E-state index contributed by atoms with van der Waals surface area (Å²) >= 11 is 0. The Morgan fingerprint density at radius 3 is 2.71 bits per heavy atom. The lowest BCUT2D eigenvalue weighted by atomic mass is 10.5. The van der Waals surface area contributed by atoms with Crippen LogP contribution in [0.3, 0.4) is 0 Å². The zero-order valence-electron chi connectivity index (χ0n) is 9.93. The van der Waals surface area contributed by atoms with Crippen molar-refractivity contribution in [3.63, 3.8) is 0 Å². The molecule has 0 atom stereocenters. The highest BCUT2D eigenvalue weighted by molar-refractivity contribution is 5.60. The molecule has 1 aromatic heterocycles. The van der Waals surface area contributed by atoms with Crippen LogP contribution in [0.1, 0.15) is 13.8 Å². The van der Waals surface area contributed by atoms with Gasteiger partial charge in [0.25, 0.3) is 0 Å². The van der Waals surface area contributed by atoms with Gasteiger partial charge in [-0.1, -0.05) is 6.07 Å². The van der Waals surface area contributed by atoms with Gasteiger partial charge in [0.2, 0.25) is 5.56 Å². The number of aromatic amines is 1. The molecule has 0 aromatic carbocycles. The largest absolute Gasteiger partial charge is 0.382 e. The Kier molecular flexibility index (Phi) is 9.09. The molecule has 0 saturated carbocycles. The Labute approximate surface area is 100.0 Å². The molecule has 6 heteroatoms. The lowest BCUT2D eigenvalue weighted by Crippen LogP contribution is -2.03. The smallest absolute Gasteiger partial charge is 0.249 e. The molecule has 0 spiro atoms. The van der Waals surface area contributed by atoms with Gasteiger partial charge in [-0.05, 0) is 19.9 Å². The van der Waals surface area contributed by atoms with Crippen LogP contribution in [-0.4, -0.2) is 24.5 Å². The SMILES string of the molecule is CCOCC.N#CNC=Nc1cccc(=O)[nH]1. The van der Waals surface area contributed by atoms with Gasteiger partial charge in [-0.25, -0.2) is 4.99 Å². The topological polar surface area (TPSA) is 90.3 Å². The van der Waals surface area contributed by atoms with Gasteiger partial charge < -0.3 is 9.72 Å². The molecule has 0 unspecified atom stereocenters. The maximum absolute atomic E-state index is 10.7. The number of hydrogen-bond donors (Lipinski definition) is 2. The summed E-state index contributed by atoms with van der Waals surface area (Å²) in [5.74, 6) is 0.408. The summed E-state index contributed by atoms with van der Waals surface area (Å²) < 4.78 is 4.83. The second-order valence-corrected chi connectivity index (χ2v) is 2.70. The normalized spacial score (nSPS) is 9.24. The van der Waals surface area contributed by atoms with E-state index in [9.17, 15) is 4.79 Å². The molecule has 92 valence electrons. The number of aliphatic imine (C=N–C) groups is 1. The number of nitrogens with one attached hydrogen (secondary N) is 2. The number of ether oxygens (including phenoxy) is 1. The van der Waals surface area contributed by atoms with Crippen molar-refractivity contribution in [2.45, 2.75) is 13.8 Å². The molecule has 1 heterocycles. The number of nitriles is 1. The van der Waals surface area contributed by atoms with Gasteiger partial charge in [0.1, 0.15) is 12.2 Å². The van der Waals surface area contributed by atoms with E-state index in [0.29, 0.717) is 5.82 Å². The van der Waals surface area contributed by atoms with Crippen molar-refractivity contribution in [1.29, 1.82) is 5.26 Å². The van der Waals surface area contributed by atoms with Crippen LogP contribution >= 0.6 is 0 Å². The van der Waals surface area contributed by atoms with Crippen molar-refractivity contribution in [2.24, 2.45) is 4.99 Å². The van der Waals surface area contributed by atoms with Gasteiger partial charge in [-0.15, -0.1) is 0 Å². The third kappa shape index (κ3) is 8.84.